The highest BCUT2D eigenvalue weighted by molar-refractivity contribution is 4.87. The van der Waals surface area contributed by atoms with Crippen molar-refractivity contribution in [1.29, 1.82) is 0 Å². The molecule has 0 aromatic carbocycles. The SMILES string of the molecule is CC.CC(C)(C)CC(C)(C)N1CCCCC1. The zero-order valence-electron chi connectivity index (χ0n) is 12.7. The first kappa shape index (κ1) is 16.0. The summed E-state index contributed by atoms with van der Waals surface area (Å²) in [5.74, 6) is 0. The van der Waals surface area contributed by atoms with Crippen LogP contribution in [0.1, 0.15) is 74.1 Å². The second kappa shape index (κ2) is 6.64. The Morgan fingerprint density at radius 1 is 0.812 bits per heavy atom. The van der Waals surface area contributed by atoms with E-state index in [0.29, 0.717) is 11.0 Å². The molecule has 0 bridgehead atoms. The third-order valence-electron chi connectivity index (χ3n) is 3.18. The fourth-order valence-corrected chi connectivity index (χ4v) is 2.91. The molecule has 16 heavy (non-hydrogen) atoms. The lowest BCUT2D eigenvalue weighted by atomic mass is 9.80. The Morgan fingerprint density at radius 2 is 1.25 bits per heavy atom. The predicted molar refractivity (Wildman–Crippen MR) is 74.9 cm³/mol. The van der Waals surface area contributed by atoms with E-state index in [4.69, 9.17) is 0 Å². The normalized spacial score (nSPS) is 18.9. The summed E-state index contributed by atoms with van der Waals surface area (Å²) in [6.45, 7) is 18.5. The van der Waals surface area contributed by atoms with Gasteiger partial charge in [-0.3, -0.25) is 4.90 Å². The fourth-order valence-electron chi connectivity index (χ4n) is 2.91. The van der Waals surface area contributed by atoms with Gasteiger partial charge >= 0.3 is 0 Å². The van der Waals surface area contributed by atoms with Gasteiger partial charge in [0.2, 0.25) is 0 Å². The molecular formula is C15H33N. The monoisotopic (exact) mass is 227 g/mol. The molecule has 1 nitrogen and oxygen atoms in total. The number of hydrogen-bond acceptors (Lipinski definition) is 1. The smallest absolute Gasteiger partial charge is 0.0158 e. The van der Waals surface area contributed by atoms with Gasteiger partial charge in [-0.25, -0.2) is 0 Å². The fraction of sp³-hybridized carbons (Fsp3) is 1.00. The summed E-state index contributed by atoms with van der Waals surface area (Å²) in [5, 5.41) is 0. The topological polar surface area (TPSA) is 3.24 Å². The van der Waals surface area contributed by atoms with E-state index in [-0.39, 0.29) is 0 Å². The zero-order valence-corrected chi connectivity index (χ0v) is 12.7. The zero-order chi connectivity index (χ0) is 12.8. The molecule has 1 aliphatic heterocycles. The van der Waals surface area contributed by atoms with E-state index in [2.05, 4.69) is 39.5 Å². The lowest BCUT2D eigenvalue weighted by Gasteiger charge is -2.44. The van der Waals surface area contributed by atoms with Gasteiger partial charge in [0, 0.05) is 5.54 Å². The Bertz CT molecular complexity index is 170. The first-order valence-corrected chi connectivity index (χ1v) is 7.06. The van der Waals surface area contributed by atoms with Crippen LogP contribution >= 0.6 is 0 Å². The molecule has 0 amide bonds. The first-order chi connectivity index (χ1) is 7.31. The predicted octanol–water partition coefficient (Wildman–Crippen LogP) is 4.71. The van der Waals surface area contributed by atoms with Crippen LogP contribution in [0.25, 0.3) is 0 Å². The van der Waals surface area contributed by atoms with Crippen LogP contribution in [0.5, 0.6) is 0 Å². The molecular weight excluding hydrogens is 194 g/mol. The standard InChI is InChI=1S/C13H27N.C2H6/c1-12(2,3)11-13(4,5)14-9-7-6-8-10-14;1-2/h6-11H2,1-5H3;1-2H3. The molecule has 0 saturated carbocycles. The van der Waals surface area contributed by atoms with Crippen molar-refractivity contribution in [3.63, 3.8) is 0 Å². The molecule has 0 aromatic heterocycles. The van der Waals surface area contributed by atoms with E-state index in [1.807, 2.05) is 13.8 Å². The van der Waals surface area contributed by atoms with Gasteiger partial charge in [-0.2, -0.15) is 0 Å². The van der Waals surface area contributed by atoms with Gasteiger partial charge in [0.15, 0.2) is 0 Å². The quantitative estimate of drug-likeness (QED) is 0.660. The highest BCUT2D eigenvalue weighted by atomic mass is 15.2. The second-order valence-electron chi connectivity index (χ2n) is 6.60. The Morgan fingerprint density at radius 3 is 1.62 bits per heavy atom. The van der Waals surface area contributed by atoms with Crippen molar-refractivity contribution in [2.45, 2.75) is 79.7 Å². The van der Waals surface area contributed by atoms with Crippen molar-refractivity contribution in [1.82, 2.24) is 4.90 Å². The first-order valence-electron chi connectivity index (χ1n) is 7.06. The number of piperidine rings is 1. The summed E-state index contributed by atoms with van der Waals surface area (Å²) in [7, 11) is 0. The van der Waals surface area contributed by atoms with Crippen molar-refractivity contribution >= 4 is 0 Å². The Balaban J connectivity index is 0.00000106. The van der Waals surface area contributed by atoms with Crippen molar-refractivity contribution in [2.24, 2.45) is 5.41 Å². The van der Waals surface area contributed by atoms with E-state index < -0.39 is 0 Å². The van der Waals surface area contributed by atoms with Gasteiger partial charge in [0.05, 0.1) is 0 Å². The molecule has 0 unspecified atom stereocenters. The number of nitrogens with zero attached hydrogens (tertiary/aromatic N) is 1. The molecule has 0 aromatic rings. The van der Waals surface area contributed by atoms with Crippen molar-refractivity contribution in [3.8, 4) is 0 Å². The molecule has 0 N–H and O–H groups in total. The molecule has 0 radical (unpaired) electrons. The van der Waals surface area contributed by atoms with Gasteiger partial charge in [0.25, 0.3) is 0 Å². The van der Waals surface area contributed by atoms with Gasteiger partial charge in [-0.15, -0.1) is 0 Å². The van der Waals surface area contributed by atoms with E-state index in [9.17, 15) is 0 Å². The Labute approximate surface area is 104 Å². The number of likely N-dealkylation sites (tertiary alicyclic amines) is 1. The lowest BCUT2D eigenvalue weighted by Crippen LogP contribution is -2.48. The average Bonchev–Trinajstić information content (AvgIpc) is 2.19. The van der Waals surface area contributed by atoms with Crippen LogP contribution in [0.4, 0.5) is 0 Å². The van der Waals surface area contributed by atoms with Crippen LogP contribution in [0.15, 0.2) is 0 Å². The maximum Gasteiger partial charge on any atom is 0.0158 e. The van der Waals surface area contributed by atoms with E-state index in [1.165, 1.54) is 38.8 Å². The maximum absolute atomic E-state index is 2.68. The summed E-state index contributed by atoms with van der Waals surface area (Å²) < 4.78 is 0. The van der Waals surface area contributed by atoms with Crippen LogP contribution < -0.4 is 0 Å². The molecule has 0 spiro atoms. The minimum Gasteiger partial charge on any atom is -0.298 e. The van der Waals surface area contributed by atoms with Crippen LogP contribution in [-0.4, -0.2) is 23.5 Å². The lowest BCUT2D eigenvalue weighted by molar-refractivity contribution is 0.0595. The van der Waals surface area contributed by atoms with Gasteiger partial charge in [-0.05, 0) is 51.6 Å². The van der Waals surface area contributed by atoms with Crippen LogP contribution in [0.2, 0.25) is 0 Å². The minimum atomic E-state index is 0.388. The van der Waals surface area contributed by atoms with E-state index >= 15 is 0 Å². The average molecular weight is 227 g/mol. The molecule has 1 heteroatoms. The summed E-state index contributed by atoms with van der Waals surface area (Å²) in [6.07, 6.45) is 5.52. The summed E-state index contributed by atoms with van der Waals surface area (Å²) in [6, 6.07) is 0. The highest BCUT2D eigenvalue weighted by Gasteiger charge is 2.31. The number of hydrogen-bond donors (Lipinski definition) is 0. The molecule has 0 atom stereocenters. The second-order valence-corrected chi connectivity index (χ2v) is 6.60. The summed E-state index contributed by atoms with van der Waals surface area (Å²) in [5.41, 5.74) is 0.833. The van der Waals surface area contributed by atoms with Crippen LogP contribution in [0, 0.1) is 5.41 Å². The summed E-state index contributed by atoms with van der Waals surface area (Å²) >= 11 is 0. The van der Waals surface area contributed by atoms with Gasteiger partial charge < -0.3 is 0 Å². The van der Waals surface area contributed by atoms with Gasteiger partial charge in [-0.1, -0.05) is 41.0 Å². The van der Waals surface area contributed by atoms with E-state index in [0.717, 1.165) is 0 Å². The van der Waals surface area contributed by atoms with Crippen LogP contribution in [0.3, 0.4) is 0 Å². The van der Waals surface area contributed by atoms with Gasteiger partial charge in [0.1, 0.15) is 0 Å². The third-order valence-corrected chi connectivity index (χ3v) is 3.18. The minimum absolute atomic E-state index is 0.388. The largest absolute Gasteiger partial charge is 0.298 e. The van der Waals surface area contributed by atoms with Crippen LogP contribution in [-0.2, 0) is 0 Å². The Hall–Kier alpha value is -0.0400. The molecule has 0 aliphatic carbocycles. The Kier molecular flexibility index (Phi) is 6.62. The molecule has 1 heterocycles. The van der Waals surface area contributed by atoms with Crippen molar-refractivity contribution in [3.05, 3.63) is 0 Å². The molecule has 98 valence electrons. The summed E-state index contributed by atoms with van der Waals surface area (Å²) in [4.78, 5) is 2.68. The van der Waals surface area contributed by atoms with Crippen molar-refractivity contribution < 1.29 is 0 Å². The third kappa shape index (κ3) is 5.89. The molecule has 1 rings (SSSR count). The molecule has 1 saturated heterocycles. The molecule has 1 aliphatic rings. The maximum atomic E-state index is 2.68. The highest BCUT2D eigenvalue weighted by Crippen LogP contribution is 2.32. The van der Waals surface area contributed by atoms with Crippen molar-refractivity contribution in [2.75, 3.05) is 13.1 Å². The number of rotatable bonds is 2. The van der Waals surface area contributed by atoms with E-state index in [1.54, 1.807) is 0 Å². The molecule has 1 fully saturated rings.